The topological polar surface area (TPSA) is 56.6 Å². The molecule has 5 nitrogen and oxygen atoms in total. The summed E-state index contributed by atoms with van der Waals surface area (Å²) in [4.78, 5) is 17.4. The summed E-state index contributed by atoms with van der Waals surface area (Å²) in [5.41, 5.74) is 5.13. The molecule has 2 aliphatic heterocycles. The number of methoxy groups -OCH3 is 1. The monoisotopic (exact) mass is 455 g/mol. The molecule has 2 heterocycles. The maximum Gasteiger partial charge on any atom is 0.229 e. The minimum Gasteiger partial charge on any atom is -0.496 e. The Morgan fingerprint density at radius 1 is 1.09 bits per heavy atom. The molecule has 3 aromatic rings. The van der Waals surface area contributed by atoms with Crippen molar-refractivity contribution in [3.8, 4) is 11.8 Å². The Balaban J connectivity index is 1.57. The molecule has 0 aliphatic carbocycles. The third kappa shape index (κ3) is 3.63. The van der Waals surface area contributed by atoms with Crippen molar-refractivity contribution < 1.29 is 9.53 Å². The van der Waals surface area contributed by atoms with E-state index in [4.69, 9.17) is 4.74 Å². The van der Waals surface area contributed by atoms with E-state index in [0.717, 1.165) is 27.1 Å². The van der Waals surface area contributed by atoms with Crippen LogP contribution in [0.3, 0.4) is 0 Å². The zero-order valence-corrected chi connectivity index (χ0v) is 19.8. The molecule has 6 heteroatoms. The maximum atomic E-state index is 13.4. The first-order valence-corrected chi connectivity index (χ1v) is 12.0. The molecule has 0 N–H and O–H groups in total. The van der Waals surface area contributed by atoms with Crippen LogP contribution >= 0.6 is 11.8 Å². The van der Waals surface area contributed by atoms with Crippen molar-refractivity contribution in [2.75, 3.05) is 24.6 Å². The molecule has 2 aliphatic rings. The van der Waals surface area contributed by atoms with E-state index in [1.807, 2.05) is 36.4 Å². The summed E-state index contributed by atoms with van der Waals surface area (Å²) < 4.78 is 5.69. The number of carbonyl (C=O) groups is 1. The molecule has 1 fully saturated rings. The number of amides is 1. The SMILES string of the molecule is COc1ccc2ccccc2c1C1CC(=O)N2CN(c3ccc(C)c(C)c3)CSC2=C1C#N. The molecular weight excluding hydrogens is 430 g/mol. The fourth-order valence-corrected chi connectivity index (χ4v) is 5.88. The molecule has 0 saturated carbocycles. The Morgan fingerprint density at radius 2 is 1.91 bits per heavy atom. The smallest absolute Gasteiger partial charge is 0.229 e. The van der Waals surface area contributed by atoms with Gasteiger partial charge in [0.05, 0.1) is 36.3 Å². The Kier molecular flexibility index (Phi) is 5.51. The van der Waals surface area contributed by atoms with E-state index >= 15 is 0 Å². The van der Waals surface area contributed by atoms with Gasteiger partial charge in [-0.2, -0.15) is 5.26 Å². The highest BCUT2D eigenvalue weighted by atomic mass is 32.2. The van der Waals surface area contributed by atoms with Gasteiger partial charge in [0.15, 0.2) is 0 Å². The summed E-state index contributed by atoms with van der Waals surface area (Å²) in [6, 6.07) is 20.8. The highest BCUT2D eigenvalue weighted by Crippen LogP contribution is 2.47. The lowest BCUT2D eigenvalue weighted by Gasteiger charge is -2.42. The van der Waals surface area contributed by atoms with E-state index in [1.54, 1.807) is 23.8 Å². The molecule has 166 valence electrons. The van der Waals surface area contributed by atoms with Gasteiger partial charge < -0.3 is 9.64 Å². The number of carbonyl (C=O) groups excluding carboxylic acids is 1. The second-order valence-electron chi connectivity index (χ2n) is 8.53. The average molecular weight is 456 g/mol. The molecule has 0 spiro atoms. The van der Waals surface area contributed by atoms with Crippen LogP contribution in [-0.2, 0) is 4.79 Å². The lowest BCUT2D eigenvalue weighted by Crippen LogP contribution is -2.47. The number of fused-ring (bicyclic) bond motifs is 2. The van der Waals surface area contributed by atoms with Crippen LogP contribution in [-0.4, -0.2) is 30.5 Å². The van der Waals surface area contributed by atoms with Crippen molar-refractivity contribution in [3.05, 3.63) is 81.9 Å². The molecule has 1 unspecified atom stereocenters. The molecule has 3 aromatic carbocycles. The Morgan fingerprint density at radius 3 is 2.67 bits per heavy atom. The number of aryl methyl sites for hydroxylation is 2. The second-order valence-corrected chi connectivity index (χ2v) is 9.47. The number of hydrogen-bond donors (Lipinski definition) is 0. The zero-order chi connectivity index (χ0) is 23.1. The number of thioether (sulfide) groups is 1. The molecule has 1 amide bonds. The fraction of sp³-hybridized carbons (Fsp3) is 0.259. The van der Waals surface area contributed by atoms with Gasteiger partial charge in [-0.1, -0.05) is 48.2 Å². The lowest BCUT2D eigenvalue weighted by atomic mass is 9.83. The fourth-order valence-electron chi connectivity index (χ4n) is 4.71. The van der Waals surface area contributed by atoms with Gasteiger partial charge >= 0.3 is 0 Å². The van der Waals surface area contributed by atoms with Gasteiger partial charge in [-0.15, -0.1) is 0 Å². The number of anilines is 1. The summed E-state index contributed by atoms with van der Waals surface area (Å²) >= 11 is 1.56. The van der Waals surface area contributed by atoms with Crippen molar-refractivity contribution in [1.82, 2.24) is 4.90 Å². The molecule has 33 heavy (non-hydrogen) atoms. The van der Waals surface area contributed by atoms with E-state index in [0.29, 0.717) is 23.9 Å². The van der Waals surface area contributed by atoms with Crippen molar-refractivity contribution in [3.63, 3.8) is 0 Å². The van der Waals surface area contributed by atoms with Crippen LogP contribution in [0.15, 0.2) is 65.2 Å². The highest BCUT2D eigenvalue weighted by molar-refractivity contribution is 8.03. The third-order valence-corrected chi connectivity index (χ3v) is 7.80. The van der Waals surface area contributed by atoms with Crippen molar-refractivity contribution in [2.45, 2.75) is 26.2 Å². The molecule has 1 saturated heterocycles. The third-order valence-electron chi connectivity index (χ3n) is 6.65. The van der Waals surface area contributed by atoms with Crippen LogP contribution in [0.5, 0.6) is 5.75 Å². The lowest BCUT2D eigenvalue weighted by molar-refractivity contribution is -0.129. The van der Waals surface area contributed by atoms with E-state index in [1.165, 1.54) is 11.1 Å². The van der Waals surface area contributed by atoms with Crippen LogP contribution in [0.4, 0.5) is 5.69 Å². The van der Waals surface area contributed by atoms with Crippen molar-refractivity contribution >= 4 is 34.1 Å². The molecule has 5 rings (SSSR count). The van der Waals surface area contributed by atoms with Crippen molar-refractivity contribution in [1.29, 1.82) is 5.26 Å². The molecular formula is C27H25N3O2S. The van der Waals surface area contributed by atoms with Gasteiger partial charge in [0.1, 0.15) is 5.75 Å². The largest absolute Gasteiger partial charge is 0.496 e. The van der Waals surface area contributed by atoms with Gasteiger partial charge in [0.2, 0.25) is 5.91 Å². The minimum absolute atomic E-state index is 0.0324. The van der Waals surface area contributed by atoms with Crippen LogP contribution < -0.4 is 9.64 Å². The van der Waals surface area contributed by atoms with Crippen LogP contribution in [0.1, 0.15) is 29.0 Å². The first kappa shape index (κ1) is 21.4. The molecule has 0 aromatic heterocycles. The number of allylic oxidation sites excluding steroid dienone is 1. The number of ether oxygens (including phenoxy) is 1. The van der Waals surface area contributed by atoms with Crippen molar-refractivity contribution in [2.24, 2.45) is 0 Å². The zero-order valence-electron chi connectivity index (χ0n) is 19.0. The predicted octanol–water partition coefficient (Wildman–Crippen LogP) is 5.68. The normalized spacial score (nSPS) is 18.4. The van der Waals surface area contributed by atoms with E-state index in [9.17, 15) is 10.1 Å². The van der Waals surface area contributed by atoms with Gasteiger partial charge in [0.25, 0.3) is 0 Å². The van der Waals surface area contributed by atoms with E-state index < -0.39 is 0 Å². The number of nitrogens with zero attached hydrogens (tertiary/aromatic N) is 3. The standard InChI is InChI=1S/C27H25N3O2S/c1-17-8-10-20(12-18(17)2)29-15-30-25(31)13-22(23(14-28)27(30)33-16-29)26-21-7-5-4-6-19(21)9-11-24(26)32-3/h4-12,22H,13,15-16H2,1-3H3. The minimum atomic E-state index is -0.324. The van der Waals surface area contributed by atoms with Gasteiger partial charge in [-0.3, -0.25) is 9.69 Å². The van der Waals surface area contributed by atoms with Crippen LogP contribution in [0, 0.1) is 25.2 Å². The average Bonchev–Trinajstić information content (AvgIpc) is 2.84. The number of nitriles is 1. The number of hydrogen-bond acceptors (Lipinski definition) is 5. The van der Waals surface area contributed by atoms with Gasteiger partial charge in [-0.25, -0.2) is 0 Å². The molecule has 1 atom stereocenters. The number of rotatable bonds is 3. The van der Waals surface area contributed by atoms with Crippen LogP contribution in [0.25, 0.3) is 10.8 Å². The first-order chi connectivity index (χ1) is 16.0. The maximum absolute atomic E-state index is 13.4. The van der Waals surface area contributed by atoms with Gasteiger partial charge in [-0.05, 0) is 53.9 Å². The Hall–Kier alpha value is -3.43. The quantitative estimate of drug-likeness (QED) is 0.508. The first-order valence-electron chi connectivity index (χ1n) is 11.0. The Bertz CT molecular complexity index is 1340. The predicted molar refractivity (Wildman–Crippen MR) is 133 cm³/mol. The summed E-state index contributed by atoms with van der Waals surface area (Å²) in [5, 5.41) is 13.1. The molecule has 0 bridgehead atoms. The summed E-state index contributed by atoms with van der Waals surface area (Å²) in [6.07, 6.45) is 0.248. The summed E-state index contributed by atoms with van der Waals surface area (Å²) in [7, 11) is 1.64. The highest BCUT2D eigenvalue weighted by Gasteiger charge is 2.39. The van der Waals surface area contributed by atoms with Gasteiger partial charge in [0, 0.05) is 23.6 Å². The summed E-state index contributed by atoms with van der Waals surface area (Å²) in [6.45, 7) is 4.65. The van der Waals surface area contributed by atoms with E-state index in [-0.39, 0.29) is 18.2 Å². The molecule has 0 radical (unpaired) electrons. The summed E-state index contributed by atoms with van der Waals surface area (Å²) in [5.74, 6) is 1.11. The van der Waals surface area contributed by atoms with E-state index in [2.05, 4.69) is 43.0 Å². The van der Waals surface area contributed by atoms with Crippen LogP contribution in [0.2, 0.25) is 0 Å². The number of benzene rings is 3. The second kappa shape index (κ2) is 8.49. The Labute approximate surface area is 198 Å².